The summed E-state index contributed by atoms with van der Waals surface area (Å²) in [5.41, 5.74) is 9.67. The zero-order valence-electron chi connectivity index (χ0n) is 18.4. The number of hydrogen-bond donors (Lipinski definition) is 1. The van der Waals surface area contributed by atoms with Crippen LogP contribution in [0.5, 0.6) is 0 Å². The Hall–Kier alpha value is -2.51. The number of carbonyl (C=O) groups excluding carboxylic acids is 1. The fourth-order valence-electron chi connectivity index (χ4n) is 6.19. The van der Waals surface area contributed by atoms with Crippen LogP contribution in [0.1, 0.15) is 49.8 Å². The van der Waals surface area contributed by atoms with Crippen molar-refractivity contribution in [2.24, 2.45) is 5.41 Å². The van der Waals surface area contributed by atoms with Crippen LogP contribution in [0.25, 0.3) is 11.1 Å². The lowest BCUT2D eigenvalue weighted by Gasteiger charge is -2.54. The number of nitrogen functional groups attached to an aromatic ring is 1. The van der Waals surface area contributed by atoms with Crippen LogP contribution in [0.2, 0.25) is 10.0 Å². The highest BCUT2D eigenvalue weighted by Gasteiger charge is 2.52. The van der Waals surface area contributed by atoms with Gasteiger partial charge in [-0.25, -0.2) is 0 Å². The summed E-state index contributed by atoms with van der Waals surface area (Å²) in [7, 11) is 0. The molecule has 4 aliphatic rings. The summed E-state index contributed by atoms with van der Waals surface area (Å²) in [6.45, 7) is 3.38. The second-order valence-corrected chi connectivity index (χ2v) is 10.4. The number of benzene rings is 1. The number of carbonyl (C=O) groups is 1. The number of piperidine rings is 2. The van der Waals surface area contributed by atoms with Gasteiger partial charge >= 0.3 is 0 Å². The molecule has 1 aromatic carbocycles. The molecule has 3 aromatic rings. The molecule has 5 heterocycles. The predicted octanol–water partition coefficient (Wildman–Crippen LogP) is 5.01. The van der Waals surface area contributed by atoms with Gasteiger partial charge in [0.2, 0.25) is 5.91 Å². The highest BCUT2D eigenvalue weighted by molar-refractivity contribution is 6.35. The van der Waals surface area contributed by atoms with Gasteiger partial charge in [-0.1, -0.05) is 23.2 Å². The Morgan fingerprint density at radius 1 is 1.24 bits per heavy atom. The summed E-state index contributed by atoms with van der Waals surface area (Å²) >= 11 is 12.8. The number of halogens is 2. The van der Waals surface area contributed by atoms with Crippen LogP contribution < -0.4 is 10.6 Å². The van der Waals surface area contributed by atoms with Crippen molar-refractivity contribution in [1.29, 1.82) is 0 Å². The quantitative estimate of drug-likeness (QED) is 0.548. The standard InChI is InChI=1S/C24H25Cl2N5O2/c1-13-20-14(8-15(25)9-17(20)26)4-7-30(13)22(32)24-5-2-16(3-6-24)31(12-24)19-11-28-10-18-21(19)33-23(27)29-18/h8-11,13,16H,2-7,12H2,1H3,(H2,27,29)/t13-,16?,24?/m0/s1. The van der Waals surface area contributed by atoms with Gasteiger partial charge in [0.25, 0.3) is 6.01 Å². The van der Waals surface area contributed by atoms with Crippen molar-refractivity contribution in [1.82, 2.24) is 14.9 Å². The van der Waals surface area contributed by atoms with E-state index in [0.29, 0.717) is 40.3 Å². The van der Waals surface area contributed by atoms with Crippen LogP contribution >= 0.6 is 23.2 Å². The summed E-state index contributed by atoms with van der Waals surface area (Å²) < 4.78 is 5.71. The molecule has 33 heavy (non-hydrogen) atoms. The van der Waals surface area contributed by atoms with Gasteiger partial charge in [-0.15, -0.1) is 0 Å². The lowest BCUT2D eigenvalue weighted by Crippen LogP contribution is -2.61. The zero-order valence-corrected chi connectivity index (χ0v) is 19.9. The number of hydrogen-bond acceptors (Lipinski definition) is 6. The molecule has 7 rings (SSSR count). The maximum Gasteiger partial charge on any atom is 0.293 e. The Morgan fingerprint density at radius 2 is 2.03 bits per heavy atom. The summed E-state index contributed by atoms with van der Waals surface area (Å²) in [5.74, 6) is 0.215. The Kier molecular flexibility index (Phi) is 4.79. The first-order valence-corrected chi connectivity index (χ1v) is 12.2. The van der Waals surface area contributed by atoms with Gasteiger partial charge in [-0.3, -0.25) is 9.78 Å². The molecule has 2 aromatic heterocycles. The van der Waals surface area contributed by atoms with E-state index < -0.39 is 5.41 Å². The molecule has 1 saturated carbocycles. The highest BCUT2D eigenvalue weighted by atomic mass is 35.5. The van der Waals surface area contributed by atoms with Crippen LogP contribution in [0.15, 0.2) is 28.9 Å². The van der Waals surface area contributed by atoms with Gasteiger partial charge in [0.05, 0.1) is 23.9 Å². The van der Waals surface area contributed by atoms with Crippen molar-refractivity contribution in [3.63, 3.8) is 0 Å². The van der Waals surface area contributed by atoms with Crippen molar-refractivity contribution >= 4 is 51.9 Å². The molecule has 172 valence electrons. The normalized spacial score (nSPS) is 26.6. The molecule has 3 fully saturated rings. The summed E-state index contributed by atoms with van der Waals surface area (Å²) in [5, 5.41) is 1.27. The fourth-order valence-corrected chi connectivity index (χ4v) is 6.88. The van der Waals surface area contributed by atoms with Crippen LogP contribution in [-0.4, -0.2) is 39.9 Å². The zero-order chi connectivity index (χ0) is 22.9. The number of fused-ring (bicyclic) bond motifs is 5. The van der Waals surface area contributed by atoms with Gasteiger partial charge in [0.15, 0.2) is 5.58 Å². The third-order valence-corrected chi connectivity index (χ3v) is 8.36. The van der Waals surface area contributed by atoms with Gasteiger partial charge in [0, 0.05) is 29.2 Å². The first-order chi connectivity index (χ1) is 15.9. The van der Waals surface area contributed by atoms with Crippen LogP contribution in [-0.2, 0) is 11.2 Å². The van der Waals surface area contributed by atoms with Crippen molar-refractivity contribution < 1.29 is 9.21 Å². The maximum absolute atomic E-state index is 14.1. The van der Waals surface area contributed by atoms with Crippen molar-refractivity contribution in [2.45, 2.75) is 51.1 Å². The fraction of sp³-hybridized carbons (Fsp3) is 0.458. The average Bonchev–Trinajstić information content (AvgIpc) is 3.19. The van der Waals surface area contributed by atoms with Crippen LogP contribution in [0.3, 0.4) is 0 Å². The van der Waals surface area contributed by atoms with E-state index in [4.69, 9.17) is 33.4 Å². The van der Waals surface area contributed by atoms with E-state index in [2.05, 4.69) is 21.8 Å². The molecule has 9 heteroatoms. The lowest BCUT2D eigenvalue weighted by molar-refractivity contribution is -0.148. The number of nitrogens with two attached hydrogens (primary N) is 1. The monoisotopic (exact) mass is 485 g/mol. The average molecular weight is 486 g/mol. The van der Waals surface area contributed by atoms with E-state index in [-0.39, 0.29) is 18.0 Å². The van der Waals surface area contributed by atoms with Crippen molar-refractivity contribution in [3.8, 4) is 0 Å². The molecular formula is C24H25Cl2N5O2. The van der Waals surface area contributed by atoms with Crippen LogP contribution in [0.4, 0.5) is 11.7 Å². The van der Waals surface area contributed by atoms with Crippen LogP contribution in [0, 0.1) is 5.41 Å². The molecule has 2 saturated heterocycles. The number of nitrogens with zero attached hydrogens (tertiary/aromatic N) is 4. The molecule has 2 N–H and O–H groups in total. The largest absolute Gasteiger partial charge is 0.421 e. The first-order valence-electron chi connectivity index (χ1n) is 11.4. The Bertz CT molecular complexity index is 1270. The lowest BCUT2D eigenvalue weighted by atomic mass is 9.66. The van der Waals surface area contributed by atoms with Gasteiger partial charge in [-0.2, -0.15) is 4.98 Å². The molecule has 0 unspecified atom stereocenters. The minimum atomic E-state index is -0.437. The molecule has 2 bridgehead atoms. The van der Waals surface area contributed by atoms with Gasteiger partial charge in [-0.05, 0) is 62.3 Å². The summed E-state index contributed by atoms with van der Waals surface area (Å²) in [6.07, 6.45) is 7.91. The van der Waals surface area contributed by atoms with E-state index in [9.17, 15) is 4.79 Å². The molecule has 0 spiro atoms. The van der Waals surface area contributed by atoms with E-state index in [1.165, 1.54) is 0 Å². The molecule has 1 aliphatic carbocycles. The number of pyridine rings is 1. The van der Waals surface area contributed by atoms with E-state index in [0.717, 1.165) is 48.9 Å². The third-order valence-electron chi connectivity index (χ3n) is 7.83. The summed E-state index contributed by atoms with van der Waals surface area (Å²) in [6, 6.07) is 4.14. The Labute approximate surface area is 201 Å². The molecule has 7 nitrogen and oxygen atoms in total. The van der Waals surface area contributed by atoms with Crippen molar-refractivity contribution in [3.05, 3.63) is 45.7 Å². The number of amides is 1. The third kappa shape index (κ3) is 3.20. The van der Waals surface area contributed by atoms with E-state index in [1.54, 1.807) is 18.5 Å². The predicted molar refractivity (Wildman–Crippen MR) is 129 cm³/mol. The minimum Gasteiger partial charge on any atom is -0.421 e. The maximum atomic E-state index is 14.1. The second-order valence-electron chi connectivity index (χ2n) is 9.58. The topological polar surface area (TPSA) is 88.5 Å². The minimum absolute atomic E-state index is 0.0901. The van der Waals surface area contributed by atoms with Gasteiger partial charge < -0.3 is 20.0 Å². The van der Waals surface area contributed by atoms with E-state index >= 15 is 0 Å². The Balaban J connectivity index is 1.33. The number of aromatic nitrogens is 2. The van der Waals surface area contributed by atoms with E-state index in [1.807, 2.05) is 11.0 Å². The van der Waals surface area contributed by atoms with Gasteiger partial charge in [0.1, 0.15) is 11.2 Å². The molecule has 3 aliphatic heterocycles. The number of rotatable bonds is 2. The SMILES string of the molecule is C[C@H]1c2c(Cl)cc(Cl)cc2CCN1C(=O)C12CCC(CC1)N(c1cncc3nc(N)oc13)C2. The van der Waals surface area contributed by atoms with Crippen molar-refractivity contribution in [2.75, 3.05) is 23.7 Å². The molecular weight excluding hydrogens is 461 g/mol. The summed E-state index contributed by atoms with van der Waals surface area (Å²) in [4.78, 5) is 27.0. The number of anilines is 2. The second kappa shape index (κ2) is 7.50. The smallest absolute Gasteiger partial charge is 0.293 e. The molecule has 1 amide bonds. The highest BCUT2D eigenvalue weighted by Crippen LogP contribution is 2.50. The Morgan fingerprint density at radius 3 is 2.82 bits per heavy atom. The molecule has 1 atom stereocenters. The molecule has 0 radical (unpaired) electrons. The first kappa shape index (κ1) is 21.1. The number of oxazole rings is 1.